The van der Waals surface area contributed by atoms with Crippen LogP contribution in [0.2, 0.25) is 5.02 Å². The first kappa shape index (κ1) is 15.4. The lowest BCUT2D eigenvalue weighted by molar-refractivity contribution is 0.365. The molecule has 2 aromatic carbocycles. The quantitative estimate of drug-likeness (QED) is 0.875. The van der Waals surface area contributed by atoms with Crippen LogP contribution in [0.15, 0.2) is 48.5 Å². The zero-order valence-electron chi connectivity index (χ0n) is 12.0. The molecule has 0 aromatic heterocycles. The highest BCUT2D eigenvalue weighted by Crippen LogP contribution is 2.29. The molecule has 1 unspecified atom stereocenters. The van der Waals surface area contributed by atoms with Gasteiger partial charge in [0.25, 0.3) is 0 Å². The summed E-state index contributed by atoms with van der Waals surface area (Å²) in [6, 6.07) is 15.6. The molecule has 0 aliphatic carbocycles. The number of rotatable bonds is 4. The fourth-order valence-electron chi connectivity index (χ4n) is 1.99. The topological polar surface area (TPSA) is 35.2 Å². The molecule has 3 heteroatoms. The summed E-state index contributed by atoms with van der Waals surface area (Å²) in [6.07, 6.45) is 0.724. The van der Waals surface area contributed by atoms with Gasteiger partial charge in [-0.1, -0.05) is 53.8 Å². The molecule has 0 heterocycles. The summed E-state index contributed by atoms with van der Waals surface area (Å²) in [7, 11) is 0. The van der Waals surface area contributed by atoms with Crippen LogP contribution in [0.5, 0.6) is 5.75 Å². The molecule has 0 fully saturated rings. The number of halogens is 1. The minimum absolute atomic E-state index is 0.0567. The Balaban J connectivity index is 2.05. The van der Waals surface area contributed by atoms with E-state index < -0.39 is 0 Å². The SMILES string of the molecule is CC(N)Cc1cccc(Cl)c1OCC#Cc1ccccc1. The lowest BCUT2D eigenvalue weighted by Crippen LogP contribution is -2.18. The van der Waals surface area contributed by atoms with E-state index in [0.29, 0.717) is 17.4 Å². The van der Waals surface area contributed by atoms with Crippen LogP contribution in [-0.2, 0) is 6.42 Å². The summed E-state index contributed by atoms with van der Waals surface area (Å²) in [5.41, 5.74) is 7.83. The van der Waals surface area contributed by atoms with Gasteiger partial charge in [0, 0.05) is 11.6 Å². The summed E-state index contributed by atoms with van der Waals surface area (Å²) in [4.78, 5) is 0. The summed E-state index contributed by atoms with van der Waals surface area (Å²) in [5, 5.41) is 0.592. The molecule has 0 radical (unpaired) electrons. The van der Waals surface area contributed by atoms with Crippen LogP contribution in [0, 0.1) is 11.8 Å². The Kier molecular flexibility index (Phi) is 5.68. The first-order chi connectivity index (χ1) is 10.2. The van der Waals surface area contributed by atoms with Crippen molar-refractivity contribution in [2.75, 3.05) is 6.61 Å². The zero-order valence-corrected chi connectivity index (χ0v) is 12.7. The van der Waals surface area contributed by atoms with E-state index in [1.54, 1.807) is 0 Å². The minimum Gasteiger partial charge on any atom is -0.479 e. The molecule has 2 rings (SSSR count). The number of hydrogen-bond donors (Lipinski definition) is 1. The van der Waals surface area contributed by atoms with Crippen LogP contribution in [-0.4, -0.2) is 12.6 Å². The van der Waals surface area contributed by atoms with Crippen molar-refractivity contribution in [3.8, 4) is 17.6 Å². The molecule has 1 atom stereocenters. The molecule has 0 amide bonds. The van der Waals surface area contributed by atoms with Crippen molar-refractivity contribution < 1.29 is 4.74 Å². The van der Waals surface area contributed by atoms with Gasteiger partial charge in [-0.05, 0) is 37.1 Å². The van der Waals surface area contributed by atoms with Crippen molar-refractivity contribution in [3.05, 3.63) is 64.7 Å². The molecule has 2 aromatic rings. The summed E-state index contributed by atoms with van der Waals surface area (Å²) in [6.45, 7) is 2.25. The monoisotopic (exact) mass is 299 g/mol. The zero-order chi connectivity index (χ0) is 15.1. The minimum atomic E-state index is 0.0567. The van der Waals surface area contributed by atoms with E-state index in [4.69, 9.17) is 22.1 Å². The van der Waals surface area contributed by atoms with Gasteiger partial charge < -0.3 is 10.5 Å². The van der Waals surface area contributed by atoms with Crippen LogP contribution in [0.25, 0.3) is 0 Å². The molecule has 0 aliphatic rings. The number of ether oxygens (including phenoxy) is 1. The van der Waals surface area contributed by atoms with E-state index in [1.807, 2.05) is 55.5 Å². The number of para-hydroxylation sites is 1. The predicted octanol–water partition coefficient (Wildman–Crippen LogP) is 3.66. The standard InChI is InChI=1S/C18H18ClNO/c1-14(20)13-16-10-5-11-17(19)18(16)21-12-6-9-15-7-3-2-4-8-15/h2-5,7-8,10-11,14H,12-13,20H2,1H3. The molecule has 108 valence electrons. The third-order valence-corrected chi connectivity index (χ3v) is 3.18. The third kappa shape index (κ3) is 4.82. The van der Waals surface area contributed by atoms with E-state index >= 15 is 0 Å². The lowest BCUT2D eigenvalue weighted by atomic mass is 10.1. The molecule has 0 saturated heterocycles. The fraction of sp³-hybridized carbons (Fsp3) is 0.222. The van der Waals surface area contributed by atoms with Crippen molar-refractivity contribution in [1.82, 2.24) is 0 Å². The molecule has 0 spiro atoms. The van der Waals surface area contributed by atoms with E-state index in [1.165, 1.54) is 0 Å². The molecule has 0 bridgehead atoms. The van der Waals surface area contributed by atoms with Crippen LogP contribution in [0.4, 0.5) is 0 Å². The molecular formula is C18H18ClNO. The summed E-state index contributed by atoms with van der Waals surface area (Å²) in [5.74, 6) is 6.73. The Labute approximate surface area is 130 Å². The molecular weight excluding hydrogens is 282 g/mol. The van der Waals surface area contributed by atoms with E-state index in [9.17, 15) is 0 Å². The number of nitrogens with two attached hydrogens (primary N) is 1. The van der Waals surface area contributed by atoms with Gasteiger partial charge >= 0.3 is 0 Å². The van der Waals surface area contributed by atoms with Gasteiger partial charge in [-0.25, -0.2) is 0 Å². The first-order valence-corrected chi connectivity index (χ1v) is 7.24. The van der Waals surface area contributed by atoms with Gasteiger partial charge in [-0.2, -0.15) is 0 Å². The largest absolute Gasteiger partial charge is 0.479 e. The van der Waals surface area contributed by atoms with E-state index in [0.717, 1.165) is 17.5 Å². The molecule has 21 heavy (non-hydrogen) atoms. The Morgan fingerprint density at radius 1 is 1.14 bits per heavy atom. The molecule has 0 saturated carbocycles. The summed E-state index contributed by atoms with van der Waals surface area (Å²) >= 11 is 6.19. The van der Waals surface area contributed by atoms with Gasteiger partial charge in [0.1, 0.15) is 12.4 Å². The molecule has 2 N–H and O–H groups in total. The second kappa shape index (κ2) is 7.73. The smallest absolute Gasteiger partial charge is 0.149 e. The van der Waals surface area contributed by atoms with Gasteiger partial charge in [0.2, 0.25) is 0 Å². The molecule has 2 nitrogen and oxygen atoms in total. The van der Waals surface area contributed by atoms with E-state index in [-0.39, 0.29) is 6.04 Å². The van der Waals surface area contributed by atoms with Crippen LogP contribution < -0.4 is 10.5 Å². The van der Waals surface area contributed by atoms with Crippen molar-refractivity contribution in [2.45, 2.75) is 19.4 Å². The highest BCUT2D eigenvalue weighted by Gasteiger charge is 2.09. The summed E-state index contributed by atoms with van der Waals surface area (Å²) < 4.78 is 5.73. The Bertz CT molecular complexity index is 641. The van der Waals surface area contributed by atoms with Gasteiger partial charge in [0.15, 0.2) is 0 Å². The number of benzene rings is 2. The van der Waals surface area contributed by atoms with Crippen LogP contribution >= 0.6 is 11.6 Å². The average Bonchev–Trinajstić information content (AvgIpc) is 2.46. The Hall–Kier alpha value is -1.95. The maximum Gasteiger partial charge on any atom is 0.149 e. The fourth-order valence-corrected chi connectivity index (χ4v) is 2.24. The van der Waals surface area contributed by atoms with Gasteiger partial charge in [-0.3, -0.25) is 0 Å². The number of hydrogen-bond acceptors (Lipinski definition) is 2. The lowest BCUT2D eigenvalue weighted by Gasteiger charge is -2.12. The first-order valence-electron chi connectivity index (χ1n) is 6.86. The van der Waals surface area contributed by atoms with Crippen molar-refractivity contribution in [3.63, 3.8) is 0 Å². The average molecular weight is 300 g/mol. The third-order valence-electron chi connectivity index (χ3n) is 2.89. The second-order valence-electron chi connectivity index (χ2n) is 4.87. The molecule has 0 aliphatic heterocycles. The van der Waals surface area contributed by atoms with Gasteiger partial charge in [-0.15, -0.1) is 0 Å². The van der Waals surface area contributed by atoms with E-state index in [2.05, 4.69) is 11.8 Å². The maximum atomic E-state index is 6.19. The van der Waals surface area contributed by atoms with Crippen molar-refractivity contribution in [1.29, 1.82) is 0 Å². The normalized spacial score (nSPS) is 11.4. The van der Waals surface area contributed by atoms with Crippen molar-refractivity contribution in [2.24, 2.45) is 5.73 Å². The van der Waals surface area contributed by atoms with Crippen LogP contribution in [0.3, 0.4) is 0 Å². The highest BCUT2D eigenvalue weighted by molar-refractivity contribution is 6.32. The van der Waals surface area contributed by atoms with Gasteiger partial charge in [0.05, 0.1) is 5.02 Å². The van der Waals surface area contributed by atoms with Crippen molar-refractivity contribution >= 4 is 11.6 Å². The van der Waals surface area contributed by atoms with Crippen LogP contribution in [0.1, 0.15) is 18.1 Å². The predicted molar refractivity (Wildman–Crippen MR) is 87.6 cm³/mol. The Morgan fingerprint density at radius 2 is 1.90 bits per heavy atom. The second-order valence-corrected chi connectivity index (χ2v) is 5.27. The highest BCUT2D eigenvalue weighted by atomic mass is 35.5. The Morgan fingerprint density at radius 3 is 2.62 bits per heavy atom. The maximum absolute atomic E-state index is 6.19.